The normalized spacial score (nSPS) is 9.16. The summed E-state index contributed by atoms with van der Waals surface area (Å²) < 4.78 is 5.58. The fraction of sp³-hybridized carbons (Fsp3) is 0.435. The third-order valence-electron chi connectivity index (χ3n) is 3.47. The first kappa shape index (κ1) is 22.9. The van der Waals surface area contributed by atoms with Crippen molar-refractivity contribution in [2.75, 3.05) is 6.61 Å². The molecule has 2 heteroatoms. The van der Waals surface area contributed by atoms with E-state index in [1.54, 1.807) is 0 Å². The van der Waals surface area contributed by atoms with Gasteiger partial charge in [-0.2, -0.15) is 0 Å². The summed E-state index contributed by atoms with van der Waals surface area (Å²) in [6.07, 6.45) is 5.31. The van der Waals surface area contributed by atoms with E-state index in [-0.39, 0.29) is 0 Å². The van der Waals surface area contributed by atoms with Gasteiger partial charge in [-0.3, -0.25) is 0 Å². The largest absolute Gasteiger partial charge is 0.493 e. The average molecular weight is 343 g/mol. The highest BCUT2D eigenvalue weighted by Crippen LogP contribution is 2.18. The fourth-order valence-electron chi connectivity index (χ4n) is 2.19. The molecule has 0 N–H and O–H groups in total. The van der Waals surface area contributed by atoms with E-state index in [9.17, 15) is 0 Å². The molecule has 0 fully saturated rings. The highest BCUT2D eigenvalue weighted by molar-refractivity contribution is 5.44. The summed E-state index contributed by atoms with van der Waals surface area (Å²) in [6.45, 7) is 10.9. The van der Waals surface area contributed by atoms with E-state index in [2.05, 4.69) is 64.1 Å². The lowest BCUT2D eigenvalue weighted by atomic mass is 10.1. The number of aldehydes is 1. The van der Waals surface area contributed by atoms with Crippen molar-refractivity contribution in [1.82, 2.24) is 0 Å². The van der Waals surface area contributed by atoms with Crippen LogP contribution in [0.5, 0.6) is 5.75 Å². The van der Waals surface area contributed by atoms with Gasteiger partial charge in [0.15, 0.2) is 0 Å². The van der Waals surface area contributed by atoms with Crippen LogP contribution in [0, 0.1) is 6.92 Å². The van der Waals surface area contributed by atoms with Crippen molar-refractivity contribution in [3.05, 3.63) is 65.2 Å². The predicted molar refractivity (Wildman–Crippen MR) is 109 cm³/mol. The zero-order chi connectivity index (χ0) is 18.9. The summed E-state index contributed by atoms with van der Waals surface area (Å²) in [5.74, 6) is 1.04. The van der Waals surface area contributed by atoms with Gasteiger partial charge >= 0.3 is 0 Å². The molecular formula is C23H34O2. The van der Waals surface area contributed by atoms with Crippen LogP contribution in [0.4, 0.5) is 0 Å². The third kappa shape index (κ3) is 11.1. The first-order chi connectivity index (χ1) is 12.1. The second kappa shape index (κ2) is 15.4. The van der Waals surface area contributed by atoms with Crippen LogP contribution in [0.1, 0.15) is 57.2 Å². The summed E-state index contributed by atoms with van der Waals surface area (Å²) in [7, 11) is 0. The van der Waals surface area contributed by atoms with Crippen molar-refractivity contribution >= 4 is 6.29 Å². The minimum atomic E-state index is 0.750. The van der Waals surface area contributed by atoms with E-state index in [0.29, 0.717) is 0 Å². The monoisotopic (exact) mass is 342 g/mol. The topological polar surface area (TPSA) is 26.3 Å². The number of carbonyl (C=O) groups excluding carboxylic acids is 1. The van der Waals surface area contributed by atoms with Crippen LogP contribution >= 0.6 is 0 Å². The molecule has 0 bridgehead atoms. The summed E-state index contributed by atoms with van der Waals surface area (Å²) in [4.78, 5) is 8.81. The fourth-order valence-corrected chi connectivity index (χ4v) is 2.19. The molecule has 0 aliphatic rings. The first-order valence-electron chi connectivity index (χ1n) is 9.28. The van der Waals surface area contributed by atoms with Gasteiger partial charge in [0.1, 0.15) is 12.0 Å². The van der Waals surface area contributed by atoms with Crippen LogP contribution in [-0.4, -0.2) is 12.9 Å². The minimum absolute atomic E-state index is 0.750. The van der Waals surface area contributed by atoms with Crippen molar-refractivity contribution in [2.24, 2.45) is 0 Å². The van der Waals surface area contributed by atoms with Crippen LogP contribution in [0.15, 0.2) is 48.5 Å². The van der Waals surface area contributed by atoms with Gasteiger partial charge in [0.05, 0.1) is 6.61 Å². The Balaban J connectivity index is 0.000000403. The number of hydrogen-bond donors (Lipinski definition) is 0. The molecule has 0 aromatic heterocycles. The van der Waals surface area contributed by atoms with Crippen LogP contribution < -0.4 is 4.74 Å². The molecule has 0 saturated heterocycles. The van der Waals surface area contributed by atoms with Gasteiger partial charge < -0.3 is 9.53 Å². The summed E-state index contributed by atoms with van der Waals surface area (Å²) in [5.41, 5.74) is 4.10. The molecule has 0 saturated carbocycles. The lowest BCUT2D eigenvalue weighted by Crippen LogP contribution is -1.97. The molecule has 0 aliphatic carbocycles. The van der Waals surface area contributed by atoms with Gasteiger partial charge in [-0.15, -0.1) is 0 Å². The second-order valence-electron chi connectivity index (χ2n) is 5.78. The molecule has 2 nitrogen and oxygen atoms in total. The first-order valence-corrected chi connectivity index (χ1v) is 9.28. The number of aryl methyl sites for hydroxylation is 3. The second-order valence-corrected chi connectivity index (χ2v) is 5.78. The molecule has 2 rings (SSSR count). The van der Waals surface area contributed by atoms with Gasteiger partial charge in [-0.05, 0) is 50.3 Å². The maximum atomic E-state index is 8.81. The Morgan fingerprint density at radius 1 is 0.920 bits per heavy atom. The van der Waals surface area contributed by atoms with Crippen LogP contribution in [0.25, 0.3) is 0 Å². The molecule has 0 atom stereocenters. The Morgan fingerprint density at radius 3 is 2.04 bits per heavy atom. The van der Waals surface area contributed by atoms with Crippen molar-refractivity contribution in [2.45, 2.75) is 60.3 Å². The number of ether oxygens (including phenoxy) is 1. The molecule has 0 radical (unpaired) electrons. The minimum Gasteiger partial charge on any atom is -0.493 e. The van der Waals surface area contributed by atoms with Crippen LogP contribution in [0.3, 0.4) is 0 Å². The van der Waals surface area contributed by atoms with E-state index in [1.165, 1.54) is 36.5 Å². The molecule has 2 aromatic carbocycles. The van der Waals surface area contributed by atoms with Gasteiger partial charge in [0.2, 0.25) is 0 Å². The predicted octanol–water partition coefficient (Wildman–Crippen LogP) is 6.19. The molecule has 0 unspecified atom stereocenters. The number of para-hydroxylation sites is 1. The van der Waals surface area contributed by atoms with E-state index in [0.717, 1.165) is 31.5 Å². The highest BCUT2D eigenvalue weighted by atomic mass is 16.5. The highest BCUT2D eigenvalue weighted by Gasteiger charge is 1.98. The number of rotatable bonds is 6. The van der Waals surface area contributed by atoms with E-state index >= 15 is 0 Å². The Bertz CT molecular complexity index is 559. The molecule has 0 aliphatic heterocycles. The molecule has 138 valence electrons. The molecule has 0 heterocycles. The third-order valence-corrected chi connectivity index (χ3v) is 3.47. The lowest BCUT2D eigenvalue weighted by Gasteiger charge is -2.08. The van der Waals surface area contributed by atoms with Crippen molar-refractivity contribution in [1.29, 1.82) is 0 Å². The summed E-state index contributed by atoms with van der Waals surface area (Å²) >= 11 is 0. The van der Waals surface area contributed by atoms with Crippen molar-refractivity contribution in [3.63, 3.8) is 0 Å². The average Bonchev–Trinajstić information content (AvgIpc) is 2.63. The summed E-state index contributed by atoms with van der Waals surface area (Å²) in [5, 5.41) is 0. The van der Waals surface area contributed by atoms with Gasteiger partial charge in [0, 0.05) is 0 Å². The van der Waals surface area contributed by atoms with Gasteiger partial charge in [-0.1, -0.05) is 75.2 Å². The van der Waals surface area contributed by atoms with Gasteiger partial charge in [-0.25, -0.2) is 0 Å². The van der Waals surface area contributed by atoms with E-state index in [4.69, 9.17) is 9.53 Å². The maximum Gasteiger partial charge on any atom is 0.122 e. The Morgan fingerprint density at radius 2 is 1.52 bits per heavy atom. The molecule has 25 heavy (non-hydrogen) atoms. The zero-order valence-corrected chi connectivity index (χ0v) is 16.5. The maximum absolute atomic E-state index is 8.81. The Labute approximate surface area is 154 Å². The number of carbonyl (C=O) groups is 1. The molecule has 0 amide bonds. The van der Waals surface area contributed by atoms with Crippen molar-refractivity contribution < 1.29 is 9.53 Å². The Hall–Kier alpha value is -2.09. The summed E-state index contributed by atoms with van der Waals surface area (Å²) in [6, 6.07) is 17.0. The van der Waals surface area contributed by atoms with Crippen molar-refractivity contribution in [3.8, 4) is 5.75 Å². The Kier molecular flexibility index (Phi) is 14.1. The molecule has 0 spiro atoms. The molecular weight excluding hydrogens is 308 g/mol. The standard InChI is InChI=1S/C11H16O.C10H14.C2H4O/c1-3-9-12-11-8-6-5-7-10(11)4-2;1-3-4-10-7-5-9(2)6-8-10;1-2-3/h5-8H,3-4,9H2,1-2H3;5-8H,3-4H2,1-2H3;2H,1H3. The smallest absolute Gasteiger partial charge is 0.122 e. The van der Waals surface area contributed by atoms with Gasteiger partial charge in [0.25, 0.3) is 0 Å². The zero-order valence-electron chi connectivity index (χ0n) is 16.5. The van der Waals surface area contributed by atoms with Crippen LogP contribution in [0.2, 0.25) is 0 Å². The number of hydrogen-bond acceptors (Lipinski definition) is 2. The number of benzene rings is 2. The SMILES string of the molecule is CC=O.CCCOc1ccccc1CC.CCCc1ccc(C)cc1. The van der Waals surface area contributed by atoms with E-state index < -0.39 is 0 Å². The van der Waals surface area contributed by atoms with E-state index in [1.807, 2.05) is 12.1 Å². The lowest BCUT2D eigenvalue weighted by molar-refractivity contribution is -0.106. The molecule has 2 aromatic rings. The van der Waals surface area contributed by atoms with Crippen LogP contribution in [-0.2, 0) is 17.6 Å². The quantitative estimate of drug-likeness (QED) is 0.585.